The van der Waals surface area contributed by atoms with Gasteiger partial charge in [0.1, 0.15) is 0 Å². The summed E-state index contributed by atoms with van der Waals surface area (Å²) in [5.74, 6) is -0.904. The number of rotatable bonds is 5. The van der Waals surface area contributed by atoms with E-state index in [1.54, 1.807) is 0 Å². The van der Waals surface area contributed by atoms with Gasteiger partial charge in [0.2, 0.25) is 0 Å². The van der Waals surface area contributed by atoms with Crippen molar-refractivity contribution in [1.82, 2.24) is 10.6 Å². The summed E-state index contributed by atoms with van der Waals surface area (Å²) in [4.78, 5) is 22.1. The molecule has 17 heavy (non-hydrogen) atoms. The Balaban J connectivity index is 2.28. The number of hydrogen-bond donors (Lipinski definition) is 3. The lowest BCUT2D eigenvalue weighted by Crippen LogP contribution is -2.49. The number of amides is 2. The van der Waals surface area contributed by atoms with Gasteiger partial charge in [-0.2, -0.15) is 0 Å². The quantitative estimate of drug-likeness (QED) is 0.665. The van der Waals surface area contributed by atoms with Gasteiger partial charge in [0.15, 0.2) is 0 Å². The minimum Gasteiger partial charge on any atom is -0.481 e. The van der Waals surface area contributed by atoms with E-state index in [4.69, 9.17) is 9.84 Å². The van der Waals surface area contributed by atoms with E-state index in [2.05, 4.69) is 10.6 Å². The van der Waals surface area contributed by atoms with Crippen molar-refractivity contribution in [2.75, 3.05) is 13.2 Å². The fraction of sp³-hybridized carbons (Fsp3) is 0.818. The van der Waals surface area contributed by atoms with Crippen LogP contribution in [0.3, 0.4) is 0 Å². The molecule has 98 valence electrons. The van der Waals surface area contributed by atoms with Crippen molar-refractivity contribution in [2.45, 2.75) is 44.7 Å². The number of carboxylic acid groups (broad SMARTS) is 1. The van der Waals surface area contributed by atoms with Crippen LogP contribution in [0.2, 0.25) is 0 Å². The Bertz CT molecular complexity index is 264. The molecule has 1 aliphatic rings. The van der Waals surface area contributed by atoms with Crippen molar-refractivity contribution in [2.24, 2.45) is 0 Å². The van der Waals surface area contributed by atoms with Crippen LogP contribution in [0.4, 0.5) is 4.79 Å². The van der Waals surface area contributed by atoms with Crippen LogP contribution < -0.4 is 10.6 Å². The topological polar surface area (TPSA) is 87.7 Å². The highest BCUT2D eigenvalue weighted by Gasteiger charge is 2.18. The number of nitrogens with one attached hydrogen (secondary N) is 2. The maximum atomic E-state index is 11.6. The van der Waals surface area contributed by atoms with Crippen molar-refractivity contribution in [3.8, 4) is 0 Å². The van der Waals surface area contributed by atoms with E-state index in [1.165, 1.54) is 0 Å². The highest BCUT2D eigenvalue weighted by atomic mass is 16.5. The molecule has 0 aromatic carbocycles. The molecule has 1 aliphatic heterocycles. The summed E-state index contributed by atoms with van der Waals surface area (Å²) in [6.07, 6.45) is 2.40. The van der Waals surface area contributed by atoms with Crippen LogP contribution in [0.15, 0.2) is 0 Å². The first-order chi connectivity index (χ1) is 8.11. The van der Waals surface area contributed by atoms with Crippen molar-refractivity contribution >= 4 is 12.0 Å². The third-order valence-electron chi connectivity index (χ3n) is 2.74. The molecule has 1 fully saturated rings. The third-order valence-corrected chi connectivity index (χ3v) is 2.74. The van der Waals surface area contributed by atoms with Crippen LogP contribution in [0, 0.1) is 0 Å². The van der Waals surface area contributed by atoms with Gasteiger partial charge in [-0.3, -0.25) is 4.79 Å². The summed E-state index contributed by atoms with van der Waals surface area (Å²) in [5, 5.41) is 14.1. The lowest BCUT2D eigenvalue weighted by atomic mass is 10.1. The molecule has 1 heterocycles. The fourth-order valence-electron chi connectivity index (χ4n) is 1.78. The monoisotopic (exact) mass is 244 g/mol. The summed E-state index contributed by atoms with van der Waals surface area (Å²) in [5.41, 5.74) is 0. The van der Waals surface area contributed by atoms with Crippen LogP contribution in [0.25, 0.3) is 0 Å². The van der Waals surface area contributed by atoms with E-state index in [1.807, 2.05) is 6.92 Å². The van der Waals surface area contributed by atoms with E-state index in [0.717, 1.165) is 19.4 Å². The number of ether oxygens (including phenoxy) is 1. The molecule has 6 heteroatoms. The Hall–Kier alpha value is -1.30. The molecule has 1 saturated heterocycles. The van der Waals surface area contributed by atoms with Crippen LogP contribution in [0.5, 0.6) is 0 Å². The largest absolute Gasteiger partial charge is 0.481 e. The zero-order valence-electron chi connectivity index (χ0n) is 10.1. The summed E-state index contributed by atoms with van der Waals surface area (Å²) < 4.78 is 5.24. The van der Waals surface area contributed by atoms with Gasteiger partial charge in [-0.15, -0.1) is 0 Å². The van der Waals surface area contributed by atoms with Gasteiger partial charge in [0, 0.05) is 12.6 Å². The predicted molar refractivity (Wildman–Crippen MR) is 61.8 cm³/mol. The fourth-order valence-corrected chi connectivity index (χ4v) is 1.78. The predicted octanol–water partition coefficient (Wildman–Crippen LogP) is 0.718. The SMILES string of the molecule is CCC(CC(=O)O)NC(=O)NC1CCCOC1. The Morgan fingerprint density at radius 1 is 1.53 bits per heavy atom. The minimum absolute atomic E-state index is 0.0334. The summed E-state index contributed by atoms with van der Waals surface area (Å²) in [6, 6.07) is -0.600. The van der Waals surface area contributed by atoms with Gasteiger partial charge in [0.05, 0.1) is 19.1 Å². The zero-order chi connectivity index (χ0) is 12.7. The number of hydrogen-bond acceptors (Lipinski definition) is 3. The smallest absolute Gasteiger partial charge is 0.315 e. The van der Waals surface area contributed by atoms with Crippen molar-refractivity contribution in [3.05, 3.63) is 0 Å². The van der Waals surface area contributed by atoms with Crippen molar-refractivity contribution in [3.63, 3.8) is 0 Å². The second-order valence-corrected chi connectivity index (χ2v) is 4.23. The molecular formula is C11H20N2O4. The lowest BCUT2D eigenvalue weighted by molar-refractivity contribution is -0.137. The molecule has 6 nitrogen and oxygen atoms in total. The maximum absolute atomic E-state index is 11.6. The molecule has 0 saturated carbocycles. The minimum atomic E-state index is -0.904. The van der Waals surface area contributed by atoms with Crippen molar-refractivity contribution < 1.29 is 19.4 Å². The van der Waals surface area contributed by atoms with Gasteiger partial charge in [-0.1, -0.05) is 6.92 Å². The molecule has 1 rings (SSSR count). The number of carboxylic acids is 1. The Kier molecular flexibility index (Phi) is 5.76. The number of aliphatic carboxylic acids is 1. The normalized spacial score (nSPS) is 21.6. The van der Waals surface area contributed by atoms with Gasteiger partial charge < -0.3 is 20.5 Å². The van der Waals surface area contributed by atoms with Crippen LogP contribution in [-0.4, -0.2) is 42.4 Å². The first-order valence-corrected chi connectivity index (χ1v) is 5.98. The highest BCUT2D eigenvalue weighted by Crippen LogP contribution is 2.05. The summed E-state index contributed by atoms with van der Waals surface area (Å²) in [6.45, 7) is 3.12. The van der Waals surface area contributed by atoms with E-state index in [0.29, 0.717) is 13.0 Å². The number of urea groups is 1. The summed E-state index contributed by atoms with van der Waals surface area (Å²) in [7, 11) is 0. The van der Waals surface area contributed by atoms with Gasteiger partial charge in [0.25, 0.3) is 0 Å². The molecule has 2 unspecified atom stereocenters. The van der Waals surface area contributed by atoms with Crippen molar-refractivity contribution in [1.29, 1.82) is 0 Å². The standard InChI is InChI=1S/C11H20N2O4/c1-2-8(6-10(14)15)12-11(16)13-9-4-3-5-17-7-9/h8-9H,2-7H2,1H3,(H,14,15)(H2,12,13,16). The Morgan fingerprint density at radius 3 is 2.82 bits per heavy atom. The van der Waals surface area contributed by atoms with E-state index in [9.17, 15) is 9.59 Å². The van der Waals surface area contributed by atoms with E-state index >= 15 is 0 Å². The molecule has 0 aromatic heterocycles. The Morgan fingerprint density at radius 2 is 2.29 bits per heavy atom. The molecule has 2 amide bonds. The van der Waals surface area contributed by atoms with Crippen LogP contribution in [-0.2, 0) is 9.53 Å². The second-order valence-electron chi connectivity index (χ2n) is 4.23. The van der Waals surface area contributed by atoms with E-state index < -0.39 is 5.97 Å². The molecular weight excluding hydrogens is 224 g/mol. The first-order valence-electron chi connectivity index (χ1n) is 5.98. The molecule has 0 radical (unpaired) electrons. The number of carbonyl (C=O) groups is 2. The molecule has 0 spiro atoms. The van der Waals surface area contributed by atoms with Gasteiger partial charge in [-0.25, -0.2) is 4.79 Å². The molecule has 0 aliphatic carbocycles. The summed E-state index contributed by atoms with van der Waals surface area (Å²) >= 11 is 0. The molecule has 2 atom stereocenters. The van der Waals surface area contributed by atoms with E-state index in [-0.39, 0.29) is 24.5 Å². The second kappa shape index (κ2) is 7.11. The molecule has 3 N–H and O–H groups in total. The molecule has 0 bridgehead atoms. The lowest BCUT2D eigenvalue weighted by Gasteiger charge is -2.24. The first kappa shape index (κ1) is 13.8. The van der Waals surface area contributed by atoms with Crippen LogP contribution in [0.1, 0.15) is 32.6 Å². The average molecular weight is 244 g/mol. The average Bonchev–Trinajstić information content (AvgIpc) is 2.28. The number of carbonyl (C=O) groups excluding carboxylic acids is 1. The maximum Gasteiger partial charge on any atom is 0.315 e. The van der Waals surface area contributed by atoms with Crippen LogP contribution >= 0.6 is 0 Å². The molecule has 0 aromatic rings. The van der Waals surface area contributed by atoms with Gasteiger partial charge in [-0.05, 0) is 19.3 Å². The highest BCUT2D eigenvalue weighted by molar-refractivity contribution is 5.76. The third kappa shape index (κ3) is 5.53. The van der Waals surface area contributed by atoms with Gasteiger partial charge >= 0.3 is 12.0 Å². The Labute approximate surface area is 101 Å². The zero-order valence-corrected chi connectivity index (χ0v) is 10.1.